The number of carboxylic acid groups (broad SMARTS) is 1. The molecule has 2 unspecified atom stereocenters. The summed E-state index contributed by atoms with van der Waals surface area (Å²) in [7, 11) is 0. The number of nitrogens with zero attached hydrogens (tertiary/aromatic N) is 3. The van der Waals surface area contributed by atoms with Crippen LogP contribution in [-0.4, -0.2) is 70.2 Å². The maximum atomic E-state index is 12.6. The number of carboxylic acids is 1. The van der Waals surface area contributed by atoms with E-state index in [2.05, 4.69) is 5.10 Å². The molecular formula is C19H29N3O5. The van der Waals surface area contributed by atoms with Crippen LogP contribution in [0.2, 0.25) is 0 Å². The van der Waals surface area contributed by atoms with Crippen molar-refractivity contribution in [2.45, 2.75) is 64.2 Å². The van der Waals surface area contributed by atoms with Gasteiger partial charge in [-0.1, -0.05) is 0 Å². The summed E-state index contributed by atoms with van der Waals surface area (Å²) in [4.78, 5) is 25.6. The molecule has 2 fully saturated rings. The van der Waals surface area contributed by atoms with Crippen LogP contribution in [0.3, 0.4) is 0 Å². The van der Waals surface area contributed by atoms with E-state index < -0.39 is 12.1 Å². The van der Waals surface area contributed by atoms with E-state index in [1.54, 1.807) is 18.5 Å². The van der Waals surface area contributed by atoms with Crippen LogP contribution in [-0.2, 0) is 14.3 Å². The standard InChI is InChI=1S/C19H29N3O5/c1-13-17(19(24)25)11-20-22(13)15-6-8-21(9-7-15)18(23)14(2)27-12-16-5-3-4-10-26-16/h11,14-16H,3-10,12H2,1-2H3,(H,24,25). The Bertz CT molecular complexity index is 660. The first-order chi connectivity index (χ1) is 13.0. The molecule has 2 aliphatic heterocycles. The first kappa shape index (κ1) is 19.8. The molecule has 0 spiro atoms. The van der Waals surface area contributed by atoms with Crippen molar-refractivity contribution in [3.05, 3.63) is 17.5 Å². The van der Waals surface area contributed by atoms with E-state index in [4.69, 9.17) is 14.6 Å². The lowest BCUT2D eigenvalue weighted by atomic mass is 10.0. The Hall–Kier alpha value is -1.93. The third-order valence-corrected chi connectivity index (χ3v) is 5.55. The molecule has 2 atom stereocenters. The lowest BCUT2D eigenvalue weighted by molar-refractivity contribution is -0.147. The molecule has 8 nitrogen and oxygen atoms in total. The fourth-order valence-corrected chi connectivity index (χ4v) is 3.85. The van der Waals surface area contributed by atoms with E-state index in [9.17, 15) is 9.59 Å². The first-order valence-corrected chi connectivity index (χ1v) is 9.76. The van der Waals surface area contributed by atoms with Crippen molar-refractivity contribution in [1.29, 1.82) is 0 Å². The third-order valence-electron chi connectivity index (χ3n) is 5.55. The number of likely N-dealkylation sites (tertiary alicyclic amines) is 1. The highest BCUT2D eigenvalue weighted by molar-refractivity contribution is 5.88. The Kier molecular flexibility index (Phi) is 6.49. The molecule has 0 aromatic carbocycles. The summed E-state index contributed by atoms with van der Waals surface area (Å²) in [5.41, 5.74) is 0.900. The molecule has 1 aromatic rings. The monoisotopic (exact) mass is 379 g/mol. The number of carbonyl (C=O) groups is 2. The van der Waals surface area contributed by atoms with Crippen LogP contribution in [0, 0.1) is 6.92 Å². The van der Waals surface area contributed by atoms with Gasteiger partial charge in [-0.15, -0.1) is 0 Å². The van der Waals surface area contributed by atoms with Gasteiger partial charge in [-0.05, 0) is 46.0 Å². The van der Waals surface area contributed by atoms with Crippen molar-refractivity contribution in [3.63, 3.8) is 0 Å². The SMILES string of the molecule is Cc1c(C(=O)O)cnn1C1CCN(C(=O)C(C)OCC2CCCCO2)CC1. The summed E-state index contributed by atoms with van der Waals surface area (Å²) in [5, 5.41) is 13.4. The molecule has 0 bridgehead atoms. The predicted molar refractivity (Wildman–Crippen MR) is 97.8 cm³/mol. The molecule has 3 rings (SSSR count). The molecule has 8 heteroatoms. The van der Waals surface area contributed by atoms with Gasteiger partial charge >= 0.3 is 5.97 Å². The average Bonchev–Trinajstić information content (AvgIpc) is 3.08. The number of hydrogen-bond donors (Lipinski definition) is 1. The Morgan fingerprint density at radius 3 is 2.67 bits per heavy atom. The van der Waals surface area contributed by atoms with Crippen LogP contribution in [0.1, 0.15) is 61.1 Å². The third kappa shape index (κ3) is 4.68. The van der Waals surface area contributed by atoms with E-state index in [0.29, 0.717) is 25.4 Å². The summed E-state index contributed by atoms with van der Waals surface area (Å²) in [6.45, 7) is 6.07. The molecule has 2 aliphatic rings. The number of amides is 1. The van der Waals surface area contributed by atoms with E-state index in [0.717, 1.165) is 38.7 Å². The number of ether oxygens (including phenoxy) is 2. The molecule has 27 heavy (non-hydrogen) atoms. The Morgan fingerprint density at radius 1 is 1.33 bits per heavy atom. The highest BCUT2D eigenvalue weighted by atomic mass is 16.5. The average molecular weight is 379 g/mol. The van der Waals surface area contributed by atoms with Crippen molar-refractivity contribution < 1.29 is 24.2 Å². The number of carbonyl (C=O) groups excluding carboxylic acids is 1. The predicted octanol–water partition coefficient (Wildman–Crippen LogP) is 2.03. The zero-order valence-electron chi connectivity index (χ0n) is 16.1. The second-order valence-electron chi connectivity index (χ2n) is 7.41. The van der Waals surface area contributed by atoms with Gasteiger partial charge in [0, 0.05) is 19.7 Å². The lowest BCUT2D eigenvalue weighted by Crippen LogP contribution is -2.45. The highest BCUT2D eigenvalue weighted by Gasteiger charge is 2.29. The molecule has 1 N–H and O–H groups in total. The van der Waals surface area contributed by atoms with Crippen molar-refractivity contribution in [3.8, 4) is 0 Å². The van der Waals surface area contributed by atoms with Gasteiger partial charge in [0.05, 0.1) is 30.6 Å². The molecule has 1 aromatic heterocycles. The Labute approximate surface area is 159 Å². The van der Waals surface area contributed by atoms with E-state index >= 15 is 0 Å². The van der Waals surface area contributed by atoms with Gasteiger partial charge in [0.15, 0.2) is 0 Å². The minimum atomic E-state index is -0.959. The Morgan fingerprint density at radius 2 is 2.07 bits per heavy atom. The topological polar surface area (TPSA) is 93.9 Å². The zero-order valence-corrected chi connectivity index (χ0v) is 16.1. The molecule has 3 heterocycles. The number of aromatic carboxylic acids is 1. The van der Waals surface area contributed by atoms with Crippen molar-refractivity contribution in [2.75, 3.05) is 26.3 Å². The second kappa shape index (κ2) is 8.84. The maximum Gasteiger partial charge on any atom is 0.339 e. The molecule has 1 amide bonds. The normalized spacial score (nSPS) is 22.6. The first-order valence-electron chi connectivity index (χ1n) is 9.76. The summed E-state index contributed by atoms with van der Waals surface area (Å²) in [6, 6.07) is 0.119. The summed E-state index contributed by atoms with van der Waals surface area (Å²) >= 11 is 0. The van der Waals surface area contributed by atoms with Gasteiger partial charge in [-0.25, -0.2) is 4.79 Å². The quantitative estimate of drug-likeness (QED) is 0.813. The molecule has 0 radical (unpaired) electrons. The van der Waals surface area contributed by atoms with E-state index in [1.165, 1.54) is 6.20 Å². The zero-order chi connectivity index (χ0) is 19.4. The fourth-order valence-electron chi connectivity index (χ4n) is 3.85. The van der Waals surface area contributed by atoms with Crippen molar-refractivity contribution >= 4 is 11.9 Å². The number of piperidine rings is 1. The molecular weight excluding hydrogens is 350 g/mol. The van der Waals surface area contributed by atoms with Crippen LogP contribution in [0.5, 0.6) is 0 Å². The number of rotatable bonds is 6. The van der Waals surface area contributed by atoms with Gasteiger partial charge in [0.1, 0.15) is 11.7 Å². The van der Waals surface area contributed by atoms with E-state index in [1.807, 2.05) is 4.90 Å². The maximum absolute atomic E-state index is 12.6. The Balaban J connectivity index is 1.48. The summed E-state index contributed by atoms with van der Waals surface area (Å²) in [6.07, 6.45) is 5.79. The van der Waals surface area contributed by atoms with Crippen LogP contribution in [0.15, 0.2) is 6.20 Å². The lowest BCUT2D eigenvalue weighted by Gasteiger charge is -2.34. The van der Waals surface area contributed by atoms with E-state index in [-0.39, 0.29) is 23.6 Å². The number of hydrogen-bond acceptors (Lipinski definition) is 5. The molecule has 2 saturated heterocycles. The van der Waals surface area contributed by atoms with Crippen LogP contribution < -0.4 is 0 Å². The van der Waals surface area contributed by atoms with Gasteiger partial charge < -0.3 is 19.5 Å². The van der Waals surface area contributed by atoms with Crippen LogP contribution in [0.25, 0.3) is 0 Å². The van der Waals surface area contributed by atoms with Crippen LogP contribution >= 0.6 is 0 Å². The minimum absolute atomic E-state index is 0.00710. The molecule has 0 aliphatic carbocycles. The highest BCUT2D eigenvalue weighted by Crippen LogP contribution is 2.25. The molecule has 0 saturated carbocycles. The fraction of sp³-hybridized carbons (Fsp3) is 0.737. The largest absolute Gasteiger partial charge is 0.478 e. The smallest absolute Gasteiger partial charge is 0.339 e. The van der Waals surface area contributed by atoms with Crippen molar-refractivity contribution in [2.24, 2.45) is 0 Å². The minimum Gasteiger partial charge on any atom is -0.478 e. The number of aromatic nitrogens is 2. The van der Waals surface area contributed by atoms with Gasteiger partial charge in [0.2, 0.25) is 0 Å². The molecule has 150 valence electrons. The van der Waals surface area contributed by atoms with Crippen LogP contribution in [0.4, 0.5) is 0 Å². The second-order valence-corrected chi connectivity index (χ2v) is 7.41. The summed E-state index contributed by atoms with van der Waals surface area (Å²) in [5.74, 6) is -0.952. The van der Waals surface area contributed by atoms with Gasteiger partial charge in [-0.2, -0.15) is 5.10 Å². The van der Waals surface area contributed by atoms with Gasteiger partial charge in [-0.3, -0.25) is 9.48 Å². The van der Waals surface area contributed by atoms with Gasteiger partial charge in [0.25, 0.3) is 5.91 Å². The van der Waals surface area contributed by atoms with Crippen molar-refractivity contribution in [1.82, 2.24) is 14.7 Å². The summed E-state index contributed by atoms with van der Waals surface area (Å²) < 4.78 is 13.2.